The molecule has 0 aliphatic carbocycles. The van der Waals surface area contributed by atoms with E-state index in [1.54, 1.807) is 0 Å². The number of rotatable bonds is 8. The van der Waals surface area contributed by atoms with E-state index >= 15 is 0 Å². The molecule has 0 spiro atoms. The summed E-state index contributed by atoms with van der Waals surface area (Å²) < 4.78 is 58.5. The second-order valence-electron chi connectivity index (χ2n) is 2.92. The molecular formula is C9H14F4O2Rf5-2. The molecule has 0 rings (SSSR count). The van der Waals surface area contributed by atoms with Crippen LogP contribution in [0.15, 0.2) is 0 Å². The molecule has 0 amide bonds. The Hall–Kier alpha value is -5.36. The molecule has 0 unspecified atom stereocenters. The molecule has 0 heterocycles. The number of ether oxygens (including phenoxy) is 2. The normalized spacial score (nSPS) is 9.90. The van der Waals surface area contributed by atoms with Gasteiger partial charge in [0.25, 0.3) is 0 Å². The molecule has 0 fully saturated rings. The van der Waals surface area contributed by atoms with E-state index in [0.717, 1.165) is 0 Å². The number of hydrogen-bond acceptors (Lipinski definition) is 2. The number of alkyl halides is 4. The summed E-state index contributed by atoms with van der Waals surface area (Å²) in [7, 11) is 0. The van der Waals surface area contributed by atoms with Gasteiger partial charge in [0.1, 0.15) is 0 Å². The molecule has 0 aromatic heterocycles. The third kappa shape index (κ3) is 15.1. The minimum absolute atomic E-state index is 0. The van der Waals surface area contributed by atoms with E-state index in [2.05, 4.69) is 9.47 Å². The van der Waals surface area contributed by atoms with Gasteiger partial charge in [0.15, 0.2) is 11.8 Å². The van der Waals surface area contributed by atoms with E-state index < -0.39 is 31.5 Å². The van der Waals surface area contributed by atoms with Crippen molar-refractivity contribution in [1.29, 1.82) is 0 Å². The first-order valence-corrected chi connectivity index (χ1v) is 4.50. The topological polar surface area (TPSA) is 18.5 Å². The maximum absolute atomic E-state index is 12.5. The fourth-order valence-electron chi connectivity index (χ4n) is 0.518. The van der Waals surface area contributed by atoms with Crippen LogP contribution in [0.1, 0.15) is 26.7 Å². The molecule has 0 atom stereocenters. The van der Waals surface area contributed by atoms with E-state index in [1.165, 1.54) is 13.8 Å². The Labute approximate surface area is 86.5 Å². The summed E-state index contributed by atoms with van der Waals surface area (Å²) in [5.74, 6) is -6.12. The van der Waals surface area contributed by atoms with Crippen molar-refractivity contribution in [2.45, 2.75) is 38.5 Å². The molecule has 102 valence electrons. The summed E-state index contributed by atoms with van der Waals surface area (Å²) in [6, 6.07) is 0. The van der Waals surface area contributed by atoms with Gasteiger partial charge in [-0.3, -0.25) is 0 Å². The van der Waals surface area contributed by atoms with Gasteiger partial charge in [-0.25, -0.2) is 17.6 Å². The second kappa shape index (κ2) is 11.7. The molecule has 0 N–H and O–H groups in total. The minimum atomic E-state index is -3.06. The Morgan fingerprint density at radius 2 is 0.950 bits per heavy atom. The van der Waals surface area contributed by atoms with Crippen LogP contribution in [0.25, 0.3) is 0 Å². The average Bonchev–Trinajstić information content (AvgIpc) is 2.17. The van der Waals surface area contributed by atoms with Crippen LogP contribution in [0, 0.1) is 13.2 Å². The summed E-state index contributed by atoms with van der Waals surface area (Å²) in [6.07, 6.45) is -0.830. The Balaban J connectivity index is -0.0000000980. The summed E-state index contributed by atoms with van der Waals surface area (Å²) >= 11 is 0. The molecule has 0 saturated carbocycles. The first kappa shape index (κ1) is 36.5. The molecule has 0 aliphatic heterocycles. The maximum atomic E-state index is 12.5. The second-order valence-corrected chi connectivity index (χ2v) is 2.92. The molecule has 2 nitrogen and oxygen atoms in total. The summed E-state index contributed by atoms with van der Waals surface area (Å²) in [4.78, 5) is 0. The van der Waals surface area contributed by atoms with E-state index in [9.17, 15) is 17.6 Å². The zero-order valence-electron chi connectivity index (χ0n) is 12.1. The van der Waals surface area contributed by atoms with Crippen LogP contribution in [0.3, 0.4) is 0 Å². The molecule has 0 aromatic carbocycles. The van der Waals surface area contributed by atoms with Gasteiger partial charge >= 0.3 is 0 Å². The van der Waals surface area contributed by atoms with Gasteiger partial charge in [-0.1, -0.05) is 13.8 Å². The Morgan fingerprint density at radius 3 is 1.15 bits per heavy atom. The van der Waals surface area contributed by atoms with Crippen LogP contribution in [-0.4, -0.2) is 18.6 Å². The van der Waals surface area contributed by atoms with Crippen LogP contribution in [0.2, 0.25) is 0 Å². The first-order valence-electron chi connectivity index (χ1n) is 4.50. The summed E-state index contributed by atoms with van der Waals surface area (Å²) in [5, 5.41) is 0. The van der Waals surface area contributed by atoms with Crippen molar-refractivity contribution in [3.8, 4) is 0 Å². The van der Waals surface area contributed by atoms with E-state index in [0.29, 0.717) is 0 Å². The van der Waals surface area contributed by atoms with E-state index in [4.69, 9.17) is 0 Å². The summed E-state index contributed by atoms with van der Waals surface area (Å²) in [5.41, 5.74) is 0. The van der Waals surface area contributed by atoms with Gasteiger partial charge in [-0.15, -0.1) is 13.2 Å². The van der Waals surface area contributed by atoms with Gasteiger partial charge in [-0.2, -0.15) is 0 Å². The predicted octanol–water partition coefficient (Wildman–Crippen LogP) is 3.39. The molecule has 0 bridgehead atoms. The van der Waals surface area contributed by atoms with Crippen molar-refractivity contribution < 1.29 is 27.0 Å². The number of hydrogen-bond donors (Lipinski definition) is 0. The Kier molecular flexibility index (Phi) is 21.4. The van der Waals surface area contributed by atoms with E-state index in [1.807, 2.05) is 0 Å². The largest absolute Gasteiger partial charge is 0.528 e. The molecule has 0 saturated heterocycles. The maximum Gasteiger partial charge on any atom is 0.153 e. The minimum Gasteiger partial charge on any atom is -0.528 e. The molecule has 0 radical (unpaired) electrons. The van der Waals surface area contributed by atoms with Gasteiger partial charge in [0, 0.05) is 0 Å². The van der Waals surface area contributed by atoms with Crippen molar-refractivity contribution >= 4 is 0 Å². The molecule has 11 heteroatoms. The van der Waals surface area contributed by atoms with Crippen molar-refractivity contribution in [2.75, 3.05) is 6.79 Å². The summed E-state index contributed by atoms with van der Waals surface area (Å²) in [6.45, 7) is 2.47. The molecule has 20 heavy (non-hydrogen) atoms. The fourth-order valence-corrected chi connectivity index (χ4v) is 0.518. The standard InChI is InChI=1S/C9H14F4O2.5Rf/c1-3-8(10,11)5-14-7-15-6-9(12,13)4-2;;;;;/h5-6H,3-4,7H2,1-2H3;;;;;/q-2;;;;;. The smallest absolute Gasteiger partial charge is 0.153 e. The van der Waals surface area contributed by atoms with Gasteiger partial charge in [0.05, 0.1) is 6.79 Å². The monoisotopic (exact) mass is 1570 g/mol. The van der Waals surface area contributed by atoms with Crippen LogP contribution in [0.5, 0.6) is 0 Å². The van der Waals surface area contributed by atoms with Gasteiger partial charge in [0.2, 0.25) is 0 Å². The molecular weight excluding hydrogens is 1550 g/mol. The predicted molar refractivity (Wildman–Crippen MR) is 46.1 cm³/mol. The number of halogens is 4. The van der Waals surface area contributed by atoms with Crippen molar-refractivity contribution in [1.82, 2.24) is 0 Å². The zero-order valence-corrected chi connectivity index (χ0v) is 44.1. The van der Waals surface area contributed by atoms with Crippen LogP contribution < -0.4 is 0 Å². The van der Waals surface area contributed by atoms with Crippen LogP contribution in [-0.2, 0) is 9.47 Å². The van der Waals surface area contributed by atoms with E-state index in [-0.39, 0.29) is 13.2 Å². The van der Waals surface area contributed by atoms with Gasteiger partial charge < -0.3 is 9.47 Å². The Bertz CT molecular complexity index is 172. The van der Waals surface area contributed by atoms with Gasteiger partial charge in [-0.05, 0) is 12.8 Å². The van der Waals surface area contributed by atoms with Crippen molar-refractivity contribution in [3.05, 3.63) is 13.2 Å². The first-order chi connectivity index (χ1) is 6.83. The SMILES string of the molecule is CCC(F)(F)[CH-]OCO[CH-]C(F)(F)CC.[Rf].[Rf].[Rf].[Rf].[Rf]. The van der Waals surface area contributed by atoms with Crippen LogP contribution >= 0.6 is 0 Å². The van der Waals surface area contributed by atoms with Crippen molar-refractivity contribution in [3.63, 3.8) is 0 Å². The zero-order chi connectivity index (χ0) is 11.9. The molecule has 0 aliphatic rings. The Morgan fingerprint density at radius 1 is 0.700 bits per heavy atom. The third-order valence-electron chi connectivity index (χ3n) is 1.59. The fraction of sp³-hybridized carbons (Fsp3) is 0.778. The molecule has 0 aromatic rings. The third-order valence-corrected chi connectivity index (χ3v) is 1.59. The van der Waals surface area contributed by atoms with Crippen molar-refractivity contribution in [2.24, 2.45) is 0 Å². The van der Waals surface area contributed by atoms with Crippen LogP contribution in [0.4, 0.5) is 17.6 Å². The quantitative estimate of drug-likeness (QED) is 0.161. The average molecular weight is 1570 g/mol.